The minimum Gasteiger partial charge on any atom is -0.478 e. The molecule has 172 valence electrons. The SMILES string of the molecule is CCCCC1(OCC)CN(c2ccccc2)c2ccc(O/C=C/C(=O)O)cc2S(=O)(=O)C1. The van der Waals surface area contributed by atoms with Crippen molar-refractivity contribution in [2.45, 2.75) is 43.6 Å². The number of carbonyl (C=O) groups is 1. The maximum Gasteiger partial charge on any atom is 0.331 e. The van der Waals surface area contributed by atoms with Crippen LogP contribution in [0, 0.1) is 0 Å². The molecule has 0 radical (unpaired) electrons. The summed E-state index contributed by atoms with van der Waals surface area (Å²) in [6, 6.07) is 14.4. The summed E-state index contributed by atoms with van der Waals surface area (Å²) in [5.74, 6) is -1.05. The molecule has 8 heteroatoms. The van der Waals surface area contributed by atoms with Crippen LogP contribution in [-0.2, 0) is 19.4 Å². The summed E-state index contributed by atoms with van der Waals surface area (Å²) in [6.45, 7) is 4.76. The molecule has 0 saturated heterocycles. The number of fused-ring (bicyclic) bond motifs is 1. The Labute approximate surface area is 189 Å². The van der Waals surface area contributed by atoms with E-state index in [2.05, 4.69) is 6.92 Å². The smallest absolute Gasteiger partial charge is 0.331 e. The average Bonchev–Trinajstić information content (AvgIpc) is 2.85. The summed E-state index contributed by atoms with van der Waals surface area (Å²) in [7, 11) is -3.73. The third-order valence-corrected chi connectivity index (χ3v) is 7.28. The van der Waals surface area contributed by atoms with Crippen LogP contribution in [0.15, 0.2) is 65.8 Å². The van der Waals surface area contributed by atoms with Crippen molar-refractivity contribution in [3.05, 3.63) is 60.9 Å². The number of nitrogens with zero attached hydrogens (tertiary/aromatic N) is 1. The van der Waals surface area contributed by atoms with Gasteiger partial charge in [0.1, 0.15) is 11.4 Å². The van der Waals surface area contributed by atoms with E-state index in [1.165, 1.54) is 6.07 Å². The quantitative estimate of drug-likeness (QED) is 0.434. The number of carboxylic acids is 1. The number of para-hydroxylation sites is 1. The molecule has 0 aromatic heterocycles. The van der Waals surface area contributed by atoms with E-state index in [0.717, 1.165) is 30.9 Å². The second-order valence-electron chi connectivity index (χ2n) is 7.79. The molecule has 32 heavy (non-hydrogen) atoms. The van der Waals surface area contributed by atoms with Gasteiger partial charge in [0.2, 0.25) is 0 Å². The molecule has 0 aliphatic carbocycles. The standard InChI is InChI=1S/C24H29NO6S/c1-3-5-14-24(31-4-2)17-25(19-9-7-6-8-10-19)21-12-11-20(30-15-13-23(26)27)16-22(21)32(28,29)18-24/h6-13,15-16H,3-5,14,17-18H2,1-2H3,(H,26,27)/b15-13+. The highest BCUT2D eigenvalue weighted by Gasteiger charge is 2.43. The molecule has 0 fully saturated rings. The number of hydrogen-bond acceptors (Lipinski definition) is 6. The highest BCUT2D eigenvalue weighted by atomic mass is 32.2. The minimum absolute atomic E-state index is 0.139. The van der Waals surface area contributed by atoms with Crippen LogP contribution in [0.25, 0.3) is 0 Å². The highest BCUT2D eigenvalue weighted by molar-refractivity contribution is 7.91. The second-order valence-corrected chi connectivity index (χ2v) is 9.75. The van der Waals surface area contributed by atoms with Crippen LogP contribution in [-0.4, -0.2) is 44.0 Å². The minimum atomic E-state index is -3.73. The molecule has 0 amide bonds. The largest absolute Gasteiger partial charge is 0.478 e. The lowest BCUT2D eigenvalue weighted by Crippen LogP contribution is -2.47. The molecule has 1 N–H and O–H groups in total. The van der Waals surface area contributed by atoms with E-state index in [1.54, 1.807) is 12.1 Å². The molecule has 1 unspecified atom stereocenters. The van der Waals surface area contributed by atoms with Crippen LogP contribution in [0.1, 0.15) is 33.1 Å². The lowest BCUT2D eigenvalue weighted by atomic mass is 9.97. The lowest BCUT2D eigenvalue weighted by Gasteiger charge is -2.36. The first-order valence-electron chi connectivity index (χ1n) is 10.7. The number of aliphatic carboxylic acids is 1. The van der Waals surface area contributed by atoms with Crippen LogP contribution in [0.5, 0.6) is 5.75 Å². The predicted octanol–water partition coefficient (Wildman–Crippen LogP) is 4.55. The third kappa shape index (κ3) is 5.49. The molecule has 2 aromatic rings. The highest BCUT2D eigenvalue weighted by Crippen LogP contribution is 2.41. The van der Waals surface area contributed by atoms with Gasteiger partial charge >= 0.3 is 5.97 Å². The molecule has 1 heterocycles. The Morgan fingerprint density at radius 1 is 1.19 bits per heavy atom. The first-order chi connectivity index (χ1) is 15.3. The predicted molar refractivity (Wildman–Crippen MR) is 123 cm³/mol. The van der Waals surface area contributed by atoms with E-state index in [9.17, 15) is 13.2 Å². The fourth-order valence-electron chi connectivity index (χ4n) is 4.01. The van der Waals surface area contributed by atoms with Crippen molar-refractivity contribution < 1.29 is 27.8 Å². The summed E-state index contributed by atoms with van der Waals surface area (Å²) >= 11 is 0. The van der Waals surface area contributed by atoms with Crippen LogP contribution in [0.3, 0.4) is 0 Å². The summed E-state index contributed by atoms with van der Waals surface area (Å²) in [4.78, 5) is 12.8. The van der Waals surface area contributed by atoms with Gasteiger partial charge in [-0.3, -0.25) is 0 Å². The number of benzene rings is 2. The Morgan fingerprint density at radius 3 is 2.59 bits per heavy atom. The van der Waals surface area contributed by atoms with E-state index in [1.807, 2.05) is 42.2 Å². The third-order valence-electron chi connectivity index (χ3n) is 5.38. The Hall–Kier alpha value is -2.84. The average molecular weight is 460 g/mol. The van der Waals surface area contributed by atoms with Gasteiger partial charge in [-0.25, -0.2) is 13.2 Å². The van der Waals surface area contributed by atoms with Crippen molar-refractivity contribution in [1.29, 1.82) is 0 Å². The zero-order chi connectivity index (χ0) is 23.2. The molecule has 0 bridgehead atoms. The van der Waals surface area contributed by atoms with Crippen LogP contribution >= 0.6 is 0 Å². The van der Waals surface area contributed by atoms with Gasteiger partial charge in [0, 0.05) is 18.4 Å². The summed E-state index contributed by atoms with van der Waals surface area (Å²) in [6.07, 6.45) is 4.28. The summed E-state index contributed by atoms with van der Waals surface area (Å²) in [5, 5.41) is 8.76. The lowest BCUT2D eigenvalue weighted by molar-refractivity contribution is -0.131. The van der Waals surface area contributed by atoms with Gasteiger partial charge in [-0.05, 0) is 37.6 Å². The van der Waals surface area contributed by atoms with Crippen LogP contribution in [0.2, 0.25) is 0 Å². The summed E-state index contributed by atoms with van der Waals surface area (Å²) < 4.78 is 38.7. The normalized spacial score (nSPS) is 20.0. The van der Waals surface area contributed by atoms with E-state index in [4.69, 9.17) is 14.6 Å². The zero-order valence-corrected chi connectivity index (χ0v) is 19.2. The van der Waals surface area contributed by atoms with Crippen molar-refractivity contribution in [3.63, 3.8) is 0 Å². The monoisotopic (exact) mass is 459 g/mol. The Bertz CT molecular complexity index is 1070. The van der Waals surface area contributed by atoms with Gasteiger partial charge in [-0.2, -0.15) is 0 Å². The van der Waals surface area contributed by atoms with E-state index in [0.29, 0.717) is 25.3 Å². The molecule has 0 spiro atoms. The van der Waals surface area contributed by atoms with Gasteiger partial charge in [-0.1, -0.05) is 38.0 Å². The van der Waals surface area contributed by atoms with Crippen molar-refractivity contribution in [1.82, 2.24) is 0 Å². The van der Waals surface area contributed by atoms with Gasteiger partial charge < -0.3 is 19.5 Å². The Balaban J connectivity index is 2.14. The van der Waals surface area contributed by atoms with Gasteiger partial charge in [0.25, 0.3) is 0 Å². The fourth-order valence-corrected chi connectivity index (χ4v) is 5.97. The number of rotatable bonds is 9. The van der Waals surface area contributed by atoms with Crippen molar-refractivity contribution in [2.75, 3.05) is 23.8 Å². The van der Waals surface area contributed by atoms with E-state index >= 15 is 0 Å². The molecular weight excluding hydrogens is 430 g/mol. The van der Waals surface area contributed by atoms with Gasteiger partial charge in [-0.15, -0.1) is 0 Å². The van der Waals surface area contributed by atoms with E-state index in [-0.39, 0.29) is 16.4 Å². The number of unbranched alkanes of at least 4 members (excludes halogenated alkanes) is 1. The molecular formula is C24H29NO6S. The number of sulfone groups is 1. The van der Waals surface area contributed by atoms with Crippen LogP contribution < -0.4 is 9.64 Å². The first kappa shape index (κ1) is 23.8. The zero-order valence-electron chi connectivity index (χ0n) is 18.4. The maximum atomic E-state index is 13.6. The Kier molecular flexibility index (Phi) is 7.58. The van der Waals surface area contributed by atoms with E-state index < -0.39 is 21.4 Å². The number of ether oxygens (including phenoxy) is 2. The van der Waals surface area contributed by atoms with Gasteiger partial charge in [0.15, 0.2) is 9.84 Å². The van der Waals surface area contributed by atoms with Crippen molar-refractivity contribution >= 4 is 27.2 Å². The molecule has 0 saturated carbocycles. The first-order valence-corrected chi connectivity index (χ1v) is 12.3. The second kappa shape index (κ2) is 10.2. The maximum absolute atomic E-state index is 13.6. The molecule has 3 rings (SSSR count). The van der Waals surface area contributed by atoms with Gasteiger partial charge in [0.05, 0.1) is 35.2 Å². The molecule has 1 aliphatic heterocycles. The fraction of sp³-hybridized carbons (Fsp3) is 0.375. The topological polar surface area (TPSA) is 93.1 Å². The Morgan fingerprint density at radius 2 is 1.94 bits per heavy atom. The molecule has 1 atom stereocenters. The number of carboxylic acid groups (broad SMARTS) is 1. The van der Waals surface area contributed by atoms with Crippen molar-refractivity contribution in [3.8, 4) is 5.75 Å². The van der Waals surface area contributed by atoms with Crippen molar-refractivity contribution in [2.24, 2.45) is 0 Å². The van der Waals surface area contributed by atoms with Crippen LogP contribution in [0.4, 0.5) is 11.4 Å². The molecule has 1 aliphatic rings. The molecule has 7 nitrogen and oxygen atoms in total. The molecule has 2 aromatic carbocycles. The number of hydrogen-bond donors (Lipinski definition) is 1. The summed E-state index contributed by atoms with van der Waals surface area (Å²) in [5.41, 5.74) is 0.553. The number of anilines is 2.